The highest BCUT2D eigenvalue weighted by Gasteiger charge is 2.23. The zero-order valence-corrected chi connectivity index (χ0v) is 17.2. The standard InChI is InChI=1S/C19H20ClN3O4S/c1-4-23-17-11-13(19(24)27-3)5-10-16(17)21-18(23)12(2)22-28(25,26)15-8-6-14(20)7-9-15/h5-12,22H,4H2,1-3H3. The number of rotatable bonds is 6. The Labute approximate surface area is 168 Å². The number of carbonyl (C=O) groups is 1. The molecule has 3 aromatic rings. The maximum atomic E-state index is 12.7. The molecular weight excluding hydrogens is 402 g/mol. The number of hydrogen-bond donors (Lipinski definition) is 1. The molecule has 1 aromatic heterocycles. The van der Waals surface area contributed by atoms with Gasteiger partial charge in [0.25, 0.3) is 0 Å². The topological polar surface area (TPSA) is 90.3 Å². The zero-order chi connectivity index (χ0) is 20.5. The number of methoxy groups -OCH3 is 1. The van der Waals surface area contributed by atoms with Gasteiger partial charge in [-0.3, -0.25) is 0 Å². The number of fused-ring (bicyclic) bond motifs is 1. The van der Waals surface area contributed by atoms with E-state index in [1.165, 1.54) is 31.4 Å². The number of hydrogen-bond acceptors (Lipinski definition) is 5. The van der Waals surface area contributed by atoms with E-state index in [4.69, 9.17) is 16.3 Å². The van der Waals surface area contributed by atoms with Crippen LogP contribution in [0.5, 0.6) is 0 Å². The lowest BCUT2D eigenvalue weighted by Crippen LogP contribution is -2.28. The summed E-state index contributed by atoms with van der Waals surface area (Å²) in [6.07, 6.45) is 0. The number of benzene rings is 2. The van der Waals surface area contributed by atoms with E-state index in [1.807, 2.05) is 11.5 Å². The van der Waals surface area contributed by atoms with Crippen molar-refractivity contribution in [1.29, 1.82) is 0 Å². The van der Waals surface area contributed by atoms with E-state index < -0.39 is 22.0 Å². The van der Waals surface area contributed by atoms with Crippen molar-refractivity contribution in [3.63, 3.8) is 0 Å². The summed E-state index contributed by atoms with van der Waals surface area (Å²) in [5.41, 5.74) is 1.81. The Morgan fingerprint density at radius 3 is 2.54 bits per heavy atom. The lowest BCUT2D eigenvalue weighted by molar-refractivity contribution is 0.0601. The van der Waals surface area contributed by atoms with Crippen molar-refractivity contribution in [2.24, 2.45) is 0 Å². The molecule has 9 heteroatoms. The number of esters is 1. The van der Waals surface area contributed by atoms with Gasteiger partial charge < -0.3 is 9.30 Å². The molecular formula is C19H20ClN3O4S. The third-order valence-electron chi connectivity index (χ3n) is 4.36. The molecule has 0 bridgehead atoms. The molecule has 28 heavy (non-hydrogen) atoms. The average molecular weight is 422 g/mol. The molecule has 0 radical (unpaired) electrons. The van der Waals surface area contributed by atoms with Gasteiger partial charge in [-0.1, -0.05) is 11.6 Å². The summed E-state index contributed by atoms with van der Waals surface area (Å²) in [6, 6.07) is 10.4. The smallest absolute Gasteiger partial charge is 0.337 e. The summed E-state index contributed by atoms with van der Waals surface area (Å²) in [6.45, 7) is 4.21. The van der Waals surface area contributed by atoms with Crippen LogP contribution in [0.1, 0.15) is 36.1 Å². The van der Waals surface area contributed by atoms with Crippen LogP contribution in [0.15, 0.2) is 47.4 Å². The number of nitrogens with zero attached hydrogens (tertiary/aromatic N) is 2. The lowest BCUT2D eigenvalue weighted by Gasteiger charge is -2.15. The van der Waals surface area contributed by atoms with Gasteiger partial charge in [-0.25, -0.2) is 22.9 Å². The first-order valence-electron chi connectivity index (χ1n) is 8.63. The summed E-state index contributed by atoms with van der Waals surface area (Å²) in [7, 11) is -2.43. The van der Waals surface area contributed by atoms with Gasteiger partial charge in [0.1, 0.15) is 5.82 Å². The first-order chi connectivity index (χ1) is 13.3. The zero-order valence-electron chi connectivity index (χ0n) is 15.6. The van der Waals surface area contributed by atoms with Crippen LogP contribution >= 0.6 is 11.6 Å². The molecule has 0 fully saturated rings. The number of sulfonamides is 1. The third kappa shape index (κ3) is 3.89. The number of ether oxygens (including phenoxy) is 1. The molecule has 1 unspecified atom stereocenters. The molecule has 0 aliphatic heterocycles. The molecule has 0 saturated carbocycles. The molecule has 0 spiro atoms. The van der Waals surface area contributed by atoms with E-state index in [1.54, 1.807) is 25.1 Å². The minimum absolute atomic E-state index is 0.121. The van der Waals surface area contributed by atoms with Gasteiger partial charge in [-0.05, 0) is 56.3 Å². The molecule has 0 saturated heterocycles. The molecule has 148 valence electrons. The van der Waals surface area contributed by atoms with Gasteiger partial charge in [0.05, 0.1) is 34.6 Å². The van der Waals surface area contributed by atoms with Crippen molar-refractivity contribution in [3.05, 3.63) is 58.9 Å². The third-order valence-corrected chi connectivity index (χ3v) is 6.17. The van der Waals surface area contributed by atoms with Crippen LogP contribution in [0.4, 0.5) is 0 Å². The molecule has 3 rings (SSSR count). The Balaban J connectivity index is 1.98. The molecule has 7 nitrogen and oxygen atoms in total. The van der Waals surface area contributed by atoms with Crippen molar-refractivity contribution in [2.75, 3.05) is 7.11 Å². The quantitative estimate of drug-likeness (QED) is 0.615. The Bertz CT molecular complexity index is 1120. The molecule has 1 N–H and O–H groups in total. The highest BCUT2D eigenvalue weighted by molar-refractivity contribution is 7.89. The van der Waals surface area contributed by atoms with Crippen LogP contribution < -0.4 is 4.72 Å². The number of carbonyl (C=O) groups excluding carboxylic acids is 1. The van der Waals surface area contributed by atoms with Crippen LogP contribution in [0.2, 0.25) is 5.02 Å². The van der Waals surface area contributed by atoms with E-state index in [0.29, 0.717) is 28.5 Å². The predicted octanol–water partition coefficient (Wildman–Crippen LogP) is 3.54. The van der Waals surface area contributed by atoms with E-state index in [-0.39, 0.29) is 4.90 Å². The van der Waals surface area contributed by atoms with Gasteiger partial charge in [0.15, 0.2) is 0 Å². The van der Waals surface area contributed by atoms with Crippen molar-refractivity contribution >= 4 is 38.6 Å². The molecule has 0 amide bonds. The summed E-state index contributed by atoms with van der Waals surface area (Å²) in [5.74, 6) is 0.112. The van der Waals surface area contributed by atoms with Crippen LogP contribution in [0, 0.1) is 0 Å². The summed E-state index contributed by atoms with van der Waals surface area (Å²) in [5, 5.41) is 0.459. The van der Waals surface area contributed by atoms with Gasteiger partial charge >= 0.3 is 5.97 Å². The Hall–Kier alpha value is -2.42. The maximum Gasteiger partial charge on any atom is 0.337 e. The Morgan fingerprint density at radius 2 is 1.93 bits per heavy atom. The highest BCUT2D eigenvalue weighted by Crippen LogP contribution is 2.24. The number of aromatic nitrogens is 2. The van der Waals surface area contributed by atoms with Crippen molar-refractivity contribution in [3.8, 4) is 0 Å². The van der Waals surface area contributed by atoms with Crippen molar-refractivity contribution < 1.29 is 17.9 Å². The van der Waals surface area contributed by atoms with Crippen LogP contribution in [-0.4, -0.2) is 31.0 Å². The minimum atomic E-state index is -3.75. The average Bonchev–Trinajstić information content (AvgIpc) is 3.05. The summed E-state index contributed by atoms with van der Waals surface area (Å²) in [4.78, 5) is 16.5. The first-order valence-corrected chi connectivity index (χ1v) is 10.5. The number of imidazole rings is 1. The van der Waals surface area contributed by atoms with E-state index in [2.05, 4.69) is 9.71 Å². The Morgan fingerprint density at radius 1 is 1.25 bits per heavy atom. The number of aryl methyl sites for hydroxylation is 1. The van der Waals surface area contributed by atoms with E-state index in [9.17, 15) is 13.2 Å². The maximum absolute atomic E-state index is 12.7. The van der Waals surface area contributed by atoms with Gasteiger partial charge in [0, 0.05) is 11.6 Å². The SMILES string of the molecule is CCn1c(C(C)NS(=O)(=O)c2ccc(Cl)cc2)nc2ccc(C(=O)OC)cc21. The largest absolute Gasteiger partial charge is 0.465 e. The van der Waals surface area contributed by atoms with Gasteiger partial charge in [-0.15, -0.1) is 0 Å². The van der Waals surface area contributed by atoms with Crippen molar-refractivity contribution in [2.45, 2.75) is 31.3 Å². The normalized spacial score (nSPS) is 12.9. The summed E-state index contributed by atoms with van der Waals surface area (Å²) < 4.78 is 34.6. The van der Waals surface area contributed by atoms with Crippen LogP contribution in [0.25, 0.3) is 11.0 Å². The number of halogens is 1. The van der Waals surface area contributed by atoms with E-state index >= 15 is 0 Å². The second kappa shape index (κ2) is 7.90. The monoisotopic (exact) mass is 421 g/mol. The lowest BCUT2D eigenvalue weighted by atomic mass is 10.2. The molecule has 0 aliphatic carbocycles. The second-order valence-electron chi connectivity index (χ2n) is 6.21. The molecule has 2 aromatic carbocycles. The van der Waals surface area contributed by atoms with Crippen LogP contribution in [-0.2, 0) is 21.3 Å². The van der Waals surface area contributed by atoms with Gasteiger partial charge in [0.2, 0.25) is 10.0 Å². The van der Waals surface area contributed by atoms with Crippen molar-refractivity contribution in [1.82, 2.24) is 14.3 Å². The van der Waals surface area contributed by atoms with Crippen LogP contribution in [0.3, 0.4) is 0 Å². The highest BCUT2D eigenvalue weighted by atomic mass is 35.5. The van der Waals surface area contributed by atoms with E-state index in [0.717, 1.165) is 5.52 Å². The fourth-order valence-corrected chi connectivity index (χ4v) is 4.34. The molecule has 1 atom stereocenters. The van der Waals surface area contributed by atoms with Gasteiger partial charge in [-0.2, -0.15) is 0 Å². The minimum Gasteiger partial charge on any atom is -0.465 e. The predicted molar refractivity (Wildman–Crippen MR) is 107 cm³/mol. The molecule has 1 heterocycles. The second-order valence-corrected chi connectivity index (χ2v) is 8.36. The first kappa shape index (κ1) is 20.3. The fourth-order valence-electron chi connectivity index (χ4n) is 3.02. The number of nitrogens with one attached hydrogen (secondary N) is 1. The fraction of sp³-hybridized carbons (Fsp3) is 0.263. The molecule has 0 aliphatic rings. The Kier molecular flexibility index (Phi) is 5.74. The summed E-state index contributed by atoms with van der Waals surface area (Å²) >= 11 is 5.83.